The molecule has 0 saturated heterocycles. The molecule has 0 aliphatic heterocycles. The first-order chi connectivity index (χ1) is 14.2. The van der Waals surface area contributed by atoms with Crippen LogP contribution in [0.25, 0.3) is 0 Å². The highest BCUT2D eigenvalue weighted by atomic mass is 19.4. The van der Waals surface area contributed by atoms with E-state index in [0.717, 1.165) is 0 Å². The third-order valence-electron chi connectivity index (χ3n) is 6.50. The highest BCUT2D eigenvalue weighted by molar-refractivity contribution is 5.92. The fourth-order valence-electron chi connectivity index (χ4n) is 4.77. The maximum absolute atomic E-state index is 13.5. The number of hydrogen-bond donors (Lipinski definition) is 1. The highest BCUT2D eigenvalue weighted by Crippen LogP contribution is 2.67. The van der Waals surface area contributed by atoms with Crippen molar-refractivity contribution in [2.45, 2.75) is 50.1 Å². The molecule has 2 bridgehead atoms. The molecule has 2 saturated carbocycles. The van der Waals surface area contributed by atoms with Gasteiger partial charge in [-0.05, 0) is 49.8 Å². The molecule has 9 heteroatoms. The summed E-state index contributed by atoms with van der Waals surface area (Å²) in [7, 11) is 1.29. The molecule has 1 amide bonds. The van der Waals surface area contributed by atoms with E-state index in [2.05, 4.69) is 15.2 Å². The molecule has 2 aliphatic carbocycles. The number of rotatable bonds is 5. The molecule has 4 rings (SSSR count). The fraction of sp³-hybridized carbons (Fsp3) is 0.476. The van der Waals surface area contributed by atoms with E-state index in [4.69, 9.17) is 4.52 Å². The fourth-order valence-corrected chi connectivity index (χ4v) is 4.77. The molecule has 2 aromatic rings. The summed E-state index contributed by atoms with van der Waals surface area (Å²) in [6, 6.07) is 7.95. The minimum Gasteiger partial charge on any atom is -0.465 e. The van der Waals surface area contributed by atoms with Crippen molar-refractivity contribution >= 4 is 17.8 Å². The summed E-state index contributed by atoms with van der Waals surface area (Å²) < 4.78 is 50.2. The summed E-state index contributed by atoms with van der Waals surface area (Å²) >= 11 is 0. The number of carbonyl (C=O) groups is 2. The largest absolute Gasteiger partial charge is 0.465 e. The second kappa shape index (κ2) is 7.14. The van der Waals surface area contributed by atoms with E-state index in [0.29, 0.717) is 29.7 Å². The Morgan fingerprint density at radius 1 is 1.17 bits per heavy atom. The summed E-state index contributed by atoms with van der Waals surface area (Å²) in [5, 5.41) is 6.57. The molecule has 2 fully saturated rings. The number of carbonyl (C=O) groups excluding carboxylic acids is 2. The lowest BCUT2D eigenvalue weighted by Gasteiger charge is -2.29. The Morgan fingerprint density at radius 2 is 1.83 bits per heavy atom. The Hall–Kier alpha value is -2.84. The number of aromatic nitrogens is 1. The molecule has 0 atom stereocenters. The van der Waals surface area contributed by atoms with Crippen molar-refractivity contribution in [1.82, 2.24) is 5.16 Å². The summed E-state index contributed by atoms with van der Waals surface area (Å²) in [6.45, 7) is 0. The van der Waals surface area contributed by atoms with Gasteiger partial charge in [-0.25, -0.2) is 4.79 Å². The quantitative estimate of drug-likeness (QED) is 0.722. The predicted octanol–water partition coefficient (Wildman–Crippen LogP) is 4.41. The summed E-state index contributed by atoms with van der Waals surface area (Å²) in [5.41, 5.74) is -0.718. The number of ether oxygens (including phenoxy) is 1. The SMILES string of the molecule is COC(=O)c1ccc(CC(=O)Nc2cc(C34CCC(C(F)(F)F)(CC3)C4)no2)cc1. The van der Waals surface area contributed by atoms with Gasteiger partial charge in [-0.15, -0.1) is 0 Å². The number of benzene rings is 1. The number of nitrogens with zero attached hydrogens (tertiary/aromatic N) is 1. The third kappa shape index (κ3) is 3.46. The van der Waals surface area contributed by atoms with Gasteiger partial charge in [0.2, 0.25) is 11.8 Å². The summed E-state index contributed by atoms with van der Waals surface area (Å²) in [5.74, 6) is -0.705. The lowest BCUT2D eigenvalue weighted by molar-refractivity contribution is -0.220. The molecule has 160 valence electrons. The number of fused-ring (bicyclic) bond motifs is 2. The molecular weight excluding hydrogens is 401 g/mol. The van der Waals surface area contributed by atoms with Crippen molar-refractivity contribution in [2.24, 2.45) is 5.41 Å². The van der Waals surface area contributed by atoms with E-state index in [1.807, 2.05) is 0 Å². The molecule has 0 radical (unpaired) electrons. The van der Waals surface area contributed by atoms with Crippen LogP contribution < -0.4 is 5.32 Å². The van der Waals surface area contributed by atoms with Gasteiger partial charge < -0.3 is 9.26 Å². The van der Waals surface area contributed by atoms with Gasteiger partial charge in [0.25, 0.3) is 0 Å². The highest BCUT2D eigenvalue weighted by Gasteiger charge is 2.67. The van der Waals surface area contributed by atoms with Gasteiger partial charge in [-0.3, -0.25) is 10.1 Å². The van der Waals surface area contributed by atoms with Crippen molar-refractivity contribution in [3.8, 4) is 0 Å². The van der Waals surface area contributed by atoms with Crippen molar-refractivity contribution in [1.29, 1.82) is 0 Å². The molecule has 2 aliphatic rings. The maximum atomic E-state index is 13.5. The zero-order valence-electron chi connectivity index (χ0n) is 16.3. The van der Waals surface area contributed by atoms with E-state index in [1.165, 1.54) is 13.2 Å². The first-order valence-corrected chi connectivity index (χ1v) is 9.68. The summed E-state index contributed by atoms with van der Waals surface area (Å²) in [4.78, 5) is 23.7. The number of anilines is 1. The van der Waals surface area contributed by atoms with E-state index >= 15 is 0 Å². The molecule has 0 spiro atoms. The zero-order valence-corrected chi connectivity index (χ0v) is 16.3. The van der Waals surface area contributed by atoms with Gasteiger partial charge in [-0.2, -0.15) is 13.2 Å². The van der Waals surface area contributed by atoms with E-state index in [9.17, 15) is 22.8 Å². The third-order valence-corrected chi connectivity index (χ3v) is 6.50. The van der Waals surface area contributed by atoms with Crippen LogP contribution in [0.15, 0.2) is 34.9 Å². The lowest BCUT2D eigenvalue weighted by Crippen LogP contribution is -2.33. The molecular formula is C21H21F3N2O4. The molecule has 1 aromatic heterocycles. The average molecular weight is 422 g/mol. The second-order valence-electron chi connectivity index (χ2n) is 8.23. The number of amides is 1. The number of hydrogen-bond acceptors (Lipinski definition) is 5. The molecule has 1 heterocycles. The first-order valence-electron chi connectivity index (χ1n) is 9.68. The van der Waals surface area contributed by atoms with Crippen molar-refractivity contribution in [3.63, 3.8) is 0 Å². The number of methoxy groups -OCH3 is 1. The monoisotopic (exact) mass is 422 g/mol. The predicted molar refractivity (Wildman–Crippen MR) is 99.9 cm³/mol. The van der Waals surface area contributed by atoms with Crippen LogP contribution in [0.1, 0.15) is 53.7 Å². The van der Waals surface area contributed by atoms with Gasteiger partial charge in [-0.1, -0.05) is 17.3 Å². The van der Waals surface area contributed by atoms with Crippen molar-refractivity contribution in [3.05, 3.63) is 47.2 Å². The first kappa shape index (κ1) is 20.4. The number of alkyl halides is 3. The molecule has 1 N–H and O–H groups in total. The summed E-state index contributed by atoms with van der Waals surface area (Å²) in [6.07, 6.45) is -3.11. The van der Waals surface area contributed by atoms with Gasteiger partial charge in [0.05, 0.1) is 30.2 Å². The Morgan fingerprint density at radius 3 is 2.40 bits per heavy atom. The van der Waals surface area contributed by atoms with Crippen LogP contribution >= 0.6 is 0 Å². The van der Waals surface area contributed by atoms with Crippen LogP contribution in [-0.4, -0.2) is 30.3 Å². The topological polar surface area (TPSA) is 81.4 Å². The number of nitrogens with one attached hydrogen (secondary N) is 1. The van der Waals surface area contributed by atoms with Crippen LogP contribution in [-0.2, 0) is 21.4 Å². The second-order valence-corrected chi connectivity index (χ2v) is 8.23. The minimum atomic E-state index is -4.21. The number of esters is 1. The van der Waals surface area contributed by atoms with Gasteiger partial charge >= 0.3 is 12.1 Å². The van der Waals surface area contributed by atoms with Crippen molar-refractivity contribution in [2.75, 3.05) is 12.4 Å². The molecule has 1 aromatic carbocycles. The Balaban J connectivity index is 1.39. The van der Waals surface area contributed by atoms with Gasteiger partial charge in [0.15, 0.2) is 0 Å². The van der Waals surface area contributed by atoms with Crippen LogP contribution in [0.4, 0.5) is 19.1 Å². The van der Waals surface area contributed by atoms with Crippen LogP contribution in [0.2, 0.25) is 0 Å². The molecule has 0 unspecified atom stereocenters. The average Bonchev–Trinajstić information content (AvgIpc) is 3.42. The smallest absolute Gasteiger partial charge is 0.394 e. The Bertz CT molecular complexity index is 957. The van der Waals surface area contributed by atoms with Crippen LogP contribution in [0, 0.1) is 5.41 Å². The Kier molecular flexibility index (Phi) is 4.86. The molecule has 6 nitrogen and oxygen atoms in total. The van der Waals surface area contributed by atoms with E-state index < -0.39 is 23.0 Å². The Labute approximate surface area is 170 Å². The van der Waals surface area contributed by atoms with Crippen LogP contribution in [0.5, 0.6) is 0 Å². The zero-order chi connectivity index (χ0) is 21.6. The standard InChI is InChI=1S/C21H21F3N2O4/c1-29-18(28)14-4-2-13(3-5-14)10-16(27)25-17-11-15(26-30-17)19-6-8-20(12-19,9-7-19)21(22,23)24/h2-5,11H,6-10,12H2,1H3,(H,25,27). The van der Waals surface area contributed by atoms with E-state index in [1.54, 1.807) is 24.3 Å². The van der Waals surface area contributed by atoms with Crippen molar-refractivity contribution < 1.29 is 32.0 Å². The van der Waals surface area contributed by atoms with E-state index in [-0.39, 0.29) is 37.5 Å². The minimum absolute atomic E-state index is 0.0238. The van der Waals surface area contributed by atoms with Crippen LogP contribution in [0.3, 0.4) is 0 Å². The van der Waals surface area contributed by atoms with Gasteiger partial charge in [0.1, 0.15) is 0 Å². The normalized spacial score (nSPS) is 25.3. The maximum Gasteiger partial charge on any atom is 0.394 e. The lowest BCUT2D eigenvalue weighted by atomic mass is 9.80. The number of halogens is 3. The van der Waals surface area contributed by atoms with Gasteiger partial charge in [0, 0.05) is 11.5 Å². The molecule has 30 heavy (non-hydrogen) atoms.